The van der Waals surface area contributed by atoms with E-state index in [0.717, 1.165) is 35.4 Å². The summed E-state index contributed by atoms with van der Waals surface area (Å²) in [5, 5.41) is 4.74. The van der Waals surface area contributed by atoms with Crippen molar-refractivity contribution in [3.05, 3.63) is 99.3 Å². The van der Waals surface area contributed by atoms with Crippen molar-refractivity contribution in [3.63, 3.8) is 0 Å². The van der Waals surface area contributed by atoms with Crippen molar-refractivity contribution in [1.29, 1.82) is 0 Å². The van der Waals surface area contributed by atoms with Gasteiger partial charge in [-0.05, 0) is 66.6 Å². The molecule has 0 heterocycles. The number of halogens is 3. The van der Waals surface area contributed by atoms with Crippen molar-refractivity contribution in [2.75, 3.05) is 6.54 Å². The first-order valence-electron chi connectivity index (χ1n) is 8.71. The molecule has 0 aliphatic rings. The van der Waals surface area contributed by atoms with Crippen molar-refractivity contribution < 1.29 is 9.13 Å². The molecular formula is C22H20Cl2FNO. The van der Waals surface area contributed by atoms with Gasteiger partial charge in [0.2, 0.25) is 0 Å². The highest BCUT2D eigenvalue weighted by Crippen LogP contribution is 2.24. The van der Waals surface area contributed by atoms with Gasteiger partial charge in [-0.15, -0.1) is 0 Å². The first-order chi connectivity index (χ1) is 13.1. The summed E-state index contributed by atoms with van der Waals surface area (Å²) in [7, 11) is 0. The molecule has 0 aromatic heterocycles. The molecule has 0 fully saturated rings. The van der Waals surface area contributed by atoms with E-state index in [0.29, 0.717) is 23.2 Å². The zero-order valence-corrected chi connectivity index (χ0v) is 16.2. The van der Waals surface area contributed by atoms with Crippen LogP contribution in [0.1, 0.15) is 16.7 Å². The Hall–Kier alpha value is -2.07. The third-order valence-electron chi connectivity index (χ3n) is 4.13. The Morgan fingerprint density at radius 2 is 1.63 bits per heavy atom. The molecule has 0 saturated carbocycles. The van der Waals surface area contributed by atoms with Gasteiger partial charge in [-0.3, -0.25) is 0 Å². The normalized spacial score (nSPS) is 10.8. The van der Waals surface area contributed by atoms with Gasteiger partial charge in [0.15, 0.2) is 0 Å². The van der Waals surface area contributed by atoms with Crippen LogP contribution in [-0.2, 0) is 19.6 Å². The van der Waals surface area contributed by atoms with Crippen LogP contribution >= 0.6 is 23.2 Å². The molecule has 0 radical (unpaired) electrons. The summed E-state index contributed by atoms with van der Waals surface area (Å²) < 4.78 is 18.9. The molecule has 0 spiro atoms. The van der Waals surface area contributed by atoms with E-state index in [-0.39, 0.29) is 5.82 Å². The third-order valence-corrected chi connectivity index (χ3v) is 4.60. The maximum Gasteiger partial charge on any atom is 0.124 e. The SMILES string of the molecule is Fc1ccc(CCNCc2cc(Cl)ccc2OCc2cccc(Cl)c2)cc1. The van der Waals surface area contributed by atoms with Gasteiger partial charge in [0.25, 0.3) is 0 Å². The lowest BCUT2D eigenvalue weighted by Crippen LogP contribution is -2.17. The standard InChI is InChI=1S/C22H20Cl2FNO/c23-19-3-1-2-17(12-19)15-27-22-9-6-20(24)13-18(22)14-26-11-10-16-4-7-21(25)8-5-16/h1-9,12-13,26H,10-11,14-15H2. The number of benzene rings is 3. The second kappa shape index (κ2) is 9.75. The first-order valence-corrected chi connectivity index (χ1v) is 9.46. The minimum atomic E-state index is -0.216. The number of hydrogen-bond donors (Lipinski definition) is 1. The molecule has 0 aliphatic heterocycles. The van der Waals surface area contributed by atoms with Crippen LogP contribution < -0.4 is 10.1 Å². The molecular weight excluding hydrogens is 384 g/mol. The molecule has 3 aromatic rings. The van der Waals surface area contributed by atoms with Crippen molar-refractivity contribution >= 4 is 23.2 Å². The zero-order valence-electron chi connectivity index (χ0n) is 14.7. The smallest absolute Gasteiger partial charge is 0.124 e. The Kier molecular flexibility index (Phi) is 7.11. The monoisotopic (exact) mass is 403 g/mol. The Morgan fingerprint density at radius 3 is 2.41 bits per heavy atom. The average molecular weight is 404 g/mol. The second-order valence-electron chi connectivity index (χ2n) is 6.22. The van der Waals surface area contributed by atoms with E-state index in [1.165, 1.54) is 12.1 Å². The van der Waals surface area contributed by atoms with E-state index < -0.39 is 0 Å². The van der Waals surface area contributed by atoms with Gasteiger partial charge in [-0.25, -0.2) is 4.39 Å². The predicted octanol–water partition coefficient (Wildman–Crippen LogP) is 6.04. The van der Waals surface area contributed by atoms with Gasteiger partial charge in [0.05, 0.1) is 0 Å². The van der Waals surface area contributed by atoms with Gasteiger partial charge in [0.1, 0.15) is 18.2 Å². The van der Waals surface area contributed by atoms with E-state index in [2.05, 4.69) is 5.32 Å². The van der Waals surface area contributed by atoms with Crippen molar-refractivity contribution in [1.82, 2.24) is 5.32 Å². The van der Waals surface area contributed by atoms with E-state index >= 15 is 0 Å². The Balaban J connectivity index is 1.56. The summed E-state index contributed by atoms with van der Waals surface area (Å²) in [6.45, 7) is 1.84. The molecule has 1 N–H and O–H groups in total. The largest absolute Gasteiger partial charge is 0.489 e. The third kappa shape index (κ3) is 6.24. The molecule has 2 nitrogen and oxygen atoms in total. The minimum Gasteiger partial charge on any atom is -0.489 e. The number of nitrogens with one attached hydrogen (secondary N) is 1. The Bertz CT molecular complexity index is 884. The summed E-state index contributed by atoms with van der Waals surface area (Å²) in [6, 6.07) is 19.8. The molecule has 0 amide bonds. The molecule has 3 aromatic carbocycles. The molecule has 0 aliphatic carbocycles. The summed E-state index contributed by atoms with van der Waals surface area (Å²) in [6.07, 6.45) is 0.819. The van der Waals surface area contributed by atoms with E-state index in [1.54, 1.807) is 12.1 Å². The molecule has 0 atom stereocenters. The molecule has 3 rings (SSSR count). The van der Waals surface area contributed by atoms with Gasteiger partial charge in [0, 0.05) is 22.2 Å². The van der Waals surface area contributed by atoms with Gasteiger partial charge in [-0.2, -0.15) is 0 Å². The molecule has 5 heteroatoms. The molecule has 140 valence electrons. The van der Waals surface area contributed by atoms with Crippen molar-refractivity contribution in [2.24, 2.45) is 0 Å². The van der Waals surface area contributed by atoms with E-state index in [9.17, 15) is 4.39 Å². The maximum absolute atomic E-state index is 12.9. The topological polar surface area (TPSA) is 21.3 Å². The van der Waals surface area contributed by atoms with Crippen LogP contribution in [0, 0.1) is 5.82 Å². The zero-order chi connectivity index (χ0) is 19.1. The van der Waals surface area contributed by atoms with Crippen LogP contribution in [-0.4, -0.2) is 6.54 Å². The quantitative estimate of drug-likeness (QED) is 0.462. The lowest BCUT2D eigenvalue weighted by atomic mass is 10.1. The van der Waals surface area contributed by atoms with Crippen LogP contribution in [0.3, 0.4) is 0 Å². The lowest BCUT2D eigenvalue weighted by Gasteiger charge is -2.13. The van der Waals surface area contributed by atoms with Crippen LogP contribution in [0.25, 0.3) is 0 Å². The summed E-state index contributed by atoms with van der Waals surface area (Å²) in [5.41, 5.74) is 3.09. The van der Waals surface area contributed by atoms with Crippen LogP contribution in [0.15, 0.2) is 66.7 Å². The van der Waals surface area contributed by atoms with E-state index in [4.69, 9.17) is 27.9 Å². The minimum absolute atomic E-state index is 0.216. The summed E-state index contributed by atoms with van der Waals surface area (Å²) in [4.78, 5) is 0. The number of rotatable bonds is 8. The highest BCUT2D eigenvalue weighted by Gasteiger charge is 2.06. The molecule has 27 heavy (non-hydrogen) atoms. The molecule has 0 saturated heterocycles. The molecule has 0 unspecified atom stereocenters. The van der Waals surface area contributed by atoms with Crippen molar-refractivity contribution in [3.8, 4) is 5.75 Å². The predicted molar refractivity (Wildman–Crippen MR) is 109 cm³/mol. The fourth-order valence-electron chi connectivity index (χ4n) is 2.72. The Labute approximate surface area is 168 Å². The molecule has 0 bridgehead atoms. The fourth-order valence-corrected chi connectivity index (χ4v) is 3.13. The van der Waals surface area contributed by atoms with Gasteiger partial charge < -0.3 is 10.1 Å². The fraction of sp³-hybridized carbons (Fsp3) is 0.182. The summed E-state index contributed by atoms with van der Waals surface area (Å²) >= 11 is 12.2. The first kappa shape index (κ1) is 19.7. The number of ether oxygens (including phenoxy) is 1. The van der Waals surface area contributed by atoms with E-state index in [1.807, 2.05) is 42.5 Å². The van der Waals surface area contributed by atoms with Gasteiger partial charge in [-0.1, -0.05) is 47.5 Å². The van der Waals surface area contributed by atoms with Crippen LogP contribution in [0.5, 0.6) is 5.75 Å². The Morgan fingerprint density at radius 1 is 0.852 bits per heavy atom. The summed E-state index contributed by atoms with van der Waals surface area (Å²) in [5.74, 6) is 0.570. The van der Waals surface area contributed by atoms with Crippen LogP contribution in [0.4, 0.5) is 4.39 Å². The average Bonchev–Trinajstić information content (AvgIpc) is 2.66. The van der Waals surface area contributed by atoms with Crippen molar-refractivity contribution in [2.45, 2.75) is 19.6 Å². The lowest BCUT2D eigenvalue weighted by molar-refractivity contribution is 0.302. The second-order valence-corrected chi connectivity index (χ2v) is 7.10. The highest BCUT2D eigenvalue weighted by atomic mass is 35.5. The number of hydrogen-bond acceptors (Lipinski definition) is 2. The van der Waals surface area contributed by atoms with Gasteiger partial charge >= 0.3 is 0 Å². The maximum atomic E-state index is 12.9. The van der Waals surface area contributed by atoms with Crippen LogP contribution in [0.2, 0.25) is 10.0 Å². The highest BCUT2D eigenvalue weighted by molar-refractivity contribution is 6.30.